The van der Waals surface area contributed by atoms with Crippen LogP contribution in [0.25, 0.3) is 10.9 Å². The van der Waals surface area contributed by atoms with Gasteiger partial charge in [0.15, 0.2) is 5.43 Å². The van der Waals surface area contributed by atoms with Gasteiger partial charge in [-0.3, -0.25) is 4.79 Å². The molecule has 2 aromatic rings. The van der Waals surface area contributed by atoms with Crippen LogP contribution in [-0.4, -0.2) is 15.8 Å². The standard InChI is InChI=1S/C16H17BrFNO2/c1-9-6-16(21)12-7-14(18)13(17)8-15(12)19(9)10-2-4-11(20)5-3-10/h6-8,10-11,20H,2-5H2,1H3. The molecule has 0 amide bonds. The van der Waals surface area contributed by atoms with Gasteiger partial charge in [0, 0.05) is 23.2 Å². The zero-order valence-corrected chi connectivity index (χ0v) is 13.4. The lowest BCUT2D eigenvalue weighted by Crippen LogP contribution is -2.24. The van der Waals surface area contributed by atoms with Gasteiger partial charge < -0.3 is 9.67 Å². The van der Waals surface area contributed by atoms with Crippen molar-refractivity contribution in [3.05, 3.63) is 44.4 Å². The molecule has 0 spiro atoms. The summed E-state index contributed by atoms with van der Waals surface area (Å²) in [6.07, 6.45) is 3.04. The molecule has 1 fully saturated rings. The Balaban J connectivity index is 2.21. The first-order valence-electron chi connectivity index (χ1n) is 7.16. The van der Waals surface area contributed by atoms with Crippen molar-refractivity contribution in [2.45, 2.75) is 44.8 Å². The number of hydrogen-bond acceptors (Lipinski definition) is 2. The summed E-state index contributed by atoms with van der Waals surface area (Å²) >= 11 is 3.20. The van der Waals surface area contributed by atoms with Gasteiger partial charge in [-0.15, -0.1) is 0 Å². The number of aryl methyl sites for hydroxylation is 1. The highest BCUT2D eigenvalue weighted by Gasteiger charge is 2.23. The largest absolute Gasteiger partial charge is 0.393 e. The van der Waals surface area contributed by atoms with Crippen molar-refractivity contribution >= 4 is 26.8 Å². The van der Waals surface area contributed by atoms with Crippen LogP contribution in [0.15, 0.2) is 27.5 Å². The average molecular weight is 354 g/mol. The maximum atomic E-state index is 13.7. The quantitative estimate of drug-likeness (QED) is 0.849. The third kappa shape index (κ3) is 2.64. The van der Waals surface area contributed by atoms with Gasteiger partial charge in [-0.25, -0.2) is 4.39 Å². The molecular formula is C16H17BrFNO2. The lowest BCUT2D eigenvalue weighted by atomic mass is 9.92. The molecule has 1 aromatic heterocycles. The van der Waals surface area contributed by atoms with Crippen LogP contribution in [-0.2, 0) is 0 Å². The van der Waals surface area contributed by atoms with Crippen LogP contribution < -0.4 is 5.43 Å². The molecule has 1 heterocycles. The number of nitrogens with zero attached hydrogens (tertiary/aromatic N) is 1. The van der Waals surface area contributed by atoms with Crippen LogP contribution in [0, 0.1) is 12.7 Å². The molecule has 3 nitrogen and oxygen atoms in total. The Kier molecular flexibility index (Phi) is 3.88. The first-order valence-corrected chi connectivity index (χ1v) is 7.95. The number of aromatic nitrogens is 1. The number of aliphatic hydroxyl groups is 1. The molecule has 1 saturated carbocycles. The number of rotatable bonds is 1. The van der Waals surface area contributed by atoms with Crippen molar-refractivity contribution in [2.75, 3.05) is 0 Å². The van der Waals surface area contributed by atoms with Crippen molar-refractivity contribution in [2.24, 2.45) is 0 Å². The van der Waals surface area contributed by atoms with Gasteiger partial charge in [0.1, 0.15) is 5.82 Å². The summed E-state index contributed by atoms with van der Waals surface area (Å²) < 4.78 is 16.2. The Morgan fingerprint density at radius 1 is 1.24 bits per heavy atom. The summed E-state index contributed by atoms with van der Waals surface area (Å²) in [6, 6.07) is 4.80. The molecule has 0 atom stereocenters. The molecule has 1 aromatic carbocycles. The molecule has 3 rings (SSSR count). The second-order valence-corrected chi connectivity index (χ2v) is 6.62. The molecule has 1 aliphatic carbocycles. The van der Waals surface area contributed by atoms with Gasteiger partial charge in [-0.2, -0.15) is 0 Å². The van der Waals surface area contributed by atoms with Crippen molar-refractivity contribution in [3.8, 4) is 0 Å². The number of fused-ring (bicyclic) bond motifs is 1. The van der Waals surface area contributed by atoms with Crippen LogP contribution >= 0.6 is 15.9 Å². The lowest BCUT2D eigenvalue weighted by molar-refractivity contribution is 0.111. The smallest absolute Gasteiger partial charge is 0.189 e. The normalized spacial score (nSPS) is 22.7. The van der Waals surface area contributed by atoms with Crippen LogP contribution in [0.3, 0.4) is 0 Å². The van der Waals surface area contributed by atoms with Crippen molar-refractivity contribution in [1.29, 1.82) is 0 Å². The Labute approximate surface area is 130 Å². The van der Waals surface area contributed by atoms with E-state index in [1.54, 1.807) is 12.1 Å². The molecule has 112 valence electrons. The molecule has 1 N–H and O–H groups in total. The lowest BCUT2D eigenvalue weighted by Gasteiger charge is -2.30. The minimum Gasteiger partial charge on any atom is -0.393 e. The molecule has 5 heteroatoms. The van der Waals surface area contributed by atoms with E-state index < -0.39 is 5.82 Å². The minimum absolute atomic E-state index is 0.152. The Hall–Kier alpha value is -1.20. The minimum atomic E-state index is -0.422. The number of aliphatic hydroxyl groups excluding tert-OH is 1. The number of hydrogen-bond donors (Lipinski definition) is 1. The van der Waals surface area contributed by atoms with Gasteiger partial charge in [0.05, 0.1) is 16.1 Å². The second-order valence-electron chi connectivity index (χ2n) is 5.77. The number of pyridine rings is 1. The summed E-state index contributed by atoms with van der Waals surface area (Å²) in [6.45, 7) is 1.91. The van der Waals surface area contributed by atoms with E-state index in [2.05, 4.69) is 20.5 Å². The molecule has 1 aliphatic rings. The van der Waals surface area contributed by atoms with E-state index in [1.807, 2.05) is 6.92 Å². The average Bonchev–Trinajstić information content (AvgIpc) is 2.43. The summed E-state index contributed by atoms with van der Waals surface area (Å²) in [7, 11) is 0. The van der Waals surface area contributed by atoms with Gasteiger partial charge in [-0.05, 0) is 60.7 Å². The topological polar surface area (TPSA) is 42.2 Å². The fourth-order valence-electron chi connectivity index (χ4n) is 3.26. The zero-order chi connectivity index (χ0) is 15.1. The first-order chi connectivity index (χ1) is 9.97. The van der Waals surface area contributed by atoms with Crippen LogP contribution in [0.5, 0.6) is 0 Å². The van der Waals surface area contributed by atoms with Gasteiger partial charge in [0.25, 0.3) is 0 Å². The summed E-state index contributed by atoms with van der Waals surface area (Å²) in [5, 5.41) is 10.1. The summed E-state index contributed by atoms with van der Waals surface area (Å²) in [5.74, 6) is -0.422. The van der Waals surface area contributed by atoms with E-state index >= 15 is 0 Å². The van der Waals surface area contributed by atoms with E-state index in [4.69, 9.17) is 0 Å². The van der Waals surface area contributed by atoms with Gasteiger partial charge >= 0.3 is 0 Å². The third-order valence-corrected chi connectivity index (χ3v) is 4.92. The van der Waals surface area contributed by atoms with Crippen LogP contribution in [0.4, 0.5) is 4.39 Å². The van der Waals surface area contributed by atoms with E-state index in [-0.39, 0.29) is 17.6 Å². The molecule has 0 aliphatic heterocycles. The Morgan fingerprint density at radius 2 is 1.90 bits per heavy atom. The Bertz CT molecular complexity index is 748. The van der Waals surface area contributed by atoms with Crippen molar-refractivity contribution < 1.29 is 9.50 Å². The molecular weight excluding hydrogens is 337 g/mol. The SMILES string of the molecule is Cc1cc(=O)c2cc(F)c(Br)cc2n1C1CCC(O)CC1. The predicted octanol–water partition coefficient (Wildman–Crippen LogP) is 3.69. The highest BCUT2D eigenvalue weighted by atomic mass is 79.9. The molecule has 21 heavy (non-hydrogen) atoms. The molecule has 0 unspecified atom stereocenters. The van der Waals surface area contributed by atoms with E-state index in [1.165, 1.54) is 6.07 Å². The highest BCUT2D eigenvalue weighted by Crippen LogP contribution is 2.33. The second kappa shape index (κ2) is 5.54. The maximum Gasteiger partial charge on any atom is 0.189 e. The summed E-state index contributed by atoms with van der Waals surface area (Å²) in [5.41, 5.74) is 1.49. The zero-order valence-electron chi connectivity index (χ0n) is 11.8. The number of benzene rings is 1. The maximum absolute atomic E-state index is 13.7. The predicted molar refractivity (Wildman–Crippen MR) is 84.1 cm³/mol. The monoisotopic (exact) mass is 353 g/mol. The van der Waals surface area contributed by atoms with Gasteiger partial charge in [0.2, 0.25) is 0 Å². The molecule has 0 saturated heterocycles. The number of halogens is 2. The first kappa shape index (κ1) is 14.7. The van der Waals surface area contributed by atoms with Crippen molar-refractivity contribution in [3.63, 3.8) is 0 Å². The fraction of sp³-hybridized carbons (Fsp3) is 0.438. The van der Waals surface area contributed by atoms with E-state index in [9.17, 15) is 14.3 Å². The molecule has 0 radical (unpaired) electrons. The fourth-order valence-corrected chi connectivity index (χ4v) is 3.59. The van der Waals surface area contributed by atoms with Crippen LogP contribution in [0.2, 0.25) is 0 Å². The van der Waals surface area contributed by atoms with Crippen LogP contribution in [0.1, 0.15) is 37.4 Å². The van der Waals surface area contributed by atoms with Gasteiger partial charge in [-0.1, -0.05) is 0 Å². The molecule has 0 bridgehead atoms. The van der Waals surface area contributed by atoms with E-state index in [0.717, 1.165) is 36.9 Å². The van der Waals surface area contributed by atoms with Crippen molar-refractivity contribution in [1.82, 2.24) is 4.57 Å². The van der Waals surface area contributed by atoms with E-state index in [0.29, 0.717) is 9.86 Å². The third-order valence-electron chi connectivity index (χ3n) is 4.31. The Morgan fingerprint density at radius 3 is 2.57 bits per heavy atom. The highest BCUT2D eigenvalue weighted by molar-refractivity contribution is 9.10. The summed E-state index contributed by atoms with van der Waals surface area (Å²) in [4.78, 5) is 12.1.